The molecule has 1 atom stereocenters. The Labute approximate surface area is 140 Å². The molecule has 23 heavy (non-hydrogen) atoms. The quantitative estimate of drug-likeness (QED) is 0.456. The van der Waals surface area contributed by atoms with E-state index in [9.17, 15) is 8.42 Å². The monoisotopic (exact) mass is 341 g/mol. The summed E-state index contributed by atoms with van der Waals surface area (Å²) in [5, 5.41) is 6.68. The smallest absolute Gasteiger partial charge is 0.191 e. The van der Waals surface area contributed by atoms with Crippen molar-refractivity contribution in [3.05, 3.63) is 11.6 Å². The molecule has 1 unspecified atom stereocenters. The molecule has 0 spiro atoms. The summed E-state index contributed by atoms with van der Waals surface area (Å²) in [5.41, 5.74) is 1.66. The summed E-state index contributed by atoms with van der Waals surface area (Å²) in [6.45, 7) is 6.05. The van der Waals surface area contributed by atoms with Crippen LogP contribution in [0.25, 0.3) is 0 Å². The fourth-order valence-corrected chi connectivity index (χ4v) is 5.23. The maximum absolute atomic E-state index is 11.5. The number of guanidine groups is 1. The lowest BCUT2D eigenvalue weighted by Crippen LogP contribution is -2.44. The lowest BCUT2D eigenvalue weighted by atomic mass is 9.78. The second-order valence-corrected chi connectivity index (χ2v) is 9.66. The number of hydrogen-bond acceptors (Lipinski definition) is 3. The fourth-order valence-electron chi connectivity index (χ4n) is 3.37. The van der Waals surface area contributed by atoms with Crippen LogP contribution in [0.5, 0.6) is 0 Å². The van der Waals surface area contributed by atoms with Crippen molar-refractivity contribution >= 4 is 15.8 Å². The van der Waals surface area contributed by atoms with Gasteiger partial charge in [-0.1, -0.05) is 25.5 Å². The molecule has 1 aliphatic heterocycles. The molecule has 2 aliphatic rings. The van der Waals surface area contributed by atoms with Crippen LogP contribution < -0.4 is 10.6 Å². The van der Waals surface area contributed by atoms with E-state index >= 15 is 0 Å². The van der Waals surface area contributed by atoms with Gasteiger partial charge in [-0.2, -0.15) is 0 Å². The molecule has 5 nitrogen and oxygen atoms in total. The standard InChI is InChI=1S/C17H31N3O2S/c1-17(2,15-7-5-4-6-8-15)13-20-16(18-3)19-11-14-9-10-23(21,22)12-14/h7,14H,4-6,8-13H2,1-3H3,(H2,18,19,20). The van der Waals surface area contributed by atoms with Crippen molar-refractivity contribution in [3.8, 4) is 0 Å². The van der Waals surface area contributed by atoms with Crippen LogP contribution in [0.15, 0.2) is 16.6 Å². The van der Waals surface area contributed by atoms with Crippen molar-refractivity contribution in [3.63, 3.8) is 0 Å². The first-order chi connectivity index (χ1) is 10.8. The Morgan fingerprint density at radius 2 is 2.13 bits per heavy atom. The van der Waals surface area contributed by atoms with Gasteiger partial charge in [0.2, 0.25) is 0 Å². The highest BCUT2D eigenvalue weighted by molar-refractivity contribution is 7.91. The average molecular weight is 342 g/mol. The highest BCUT2D eigenvalue weighted by Crippen LogP contribution is 2.33. The summed E-state index contributed by atoms with van der Waals surface area (Å²) in [6.07, 6.45) is 8.14. The van der Waals surface area contributed by atoms with Crippen LogP contribution in [-0.2, 0) is 9.84 Å². The first-order valence-corrected chi connectivity index (χ1v) is 10.5. The molecule has 1 heterocycles. The summed E-state index contributed by atoms with van der Waals surface area (Å²) in [6, 6.07) is 0. The molecule has 0 aromatic carbocycles. The van der Waals surface area contributed by atoms with Crippen LogP contribution in [0.4, 0.5) is 0 Å². The molecule has 132 valence electrons. The number of nitrogens with one attached hydrogen (secondary N) is 2. The third-order valence-corrected chi connectivity index (χ3v) is 6.80. The molecule has 1 fully saturated rings. The number of nitrogens with zero attached hydrogens (tertiary/aromatic N) is 1. The molecule has 0 aromatic heterocycles. The predicted molar refractivity (Wildman–Crippen MR) is 96.5 cm³/mol. The zero-order valence-corrected chi connectivity index (χ0v) is 15.5. The normalized spacial score (nSPS) is 25.1. The van der Waals surface area contributed by atoms with Gasteiger partial charge in [0.1, 0.15) is 0 Å². The van der Waals surface area contributed by atoms with Gasteiger partial charge in [-0.3, -0.25) is 4.99 Å². The minimum Gasteiger partial charge on any atom is -0.356 e. The number of hydrogen-bond donors (Lipinski definition) is 2. The highest BCUT2D eigenvalue weighted by atomic mass is 32.2. The van der Waals surface area contributed by atoms with Gasteiger partial charge in [-0.05, 0) is 38.0 Å². The lowest BCUT2D eigenvalue weighted by Gasteiger charge is -2.31. The molecular formula is C17H31N3O2S. The molecule has 1 saturated heterocycles. The van der Waals surface area contributed by atoms with E-state index in [1.54, 1.807) is 7.05 Å². The highest BCUT2D eigenvalue weighted by Gasteiger charge is 2.28. The Morgan fingerprint density at radius 1 is 1.35 bits per heavy atom. The van der Waals surface area contributed by atoms with E-state index in [1.165, 1.54) is 31.3 Å². The number of sulfone groups is 1. The minimum absolute atomic E-state index is 0.120. The molecule has 0 saturated carbocycles. The Balaban J connectivity index is 1.79. The average Bonchev–Trinajstić information content (AvgIpc) is 2.87. The van der Waals surface area contributed by atoms with Gasteiger partial charge >= 0.3 is 0 Å². The Bertz CT molecular complexity index is 564. The molecule has 0 amide bonds. The zero-order valence-electron chi connectivity index (χ0n) is 14.7. The Hall–Kier alpha value is -1.04. The molecule has 0 radical (unpaired) electrons. The van der Waals surface area contributed by atoms with Crippen molar-refractivity contribution in [2.75, 3.05) is 31.6 Å². The first-order valence-electron chi connectivity index (χ1n) is 8.67. The van der Waals surface area contributed by atoms with E-state index in [0.717, 1.165) is 18.9 Å². The maximum Gasteiger partial charge on any atom is 0.191 e. The second kappa shape index (κ2) is 7.69. The molecule has 0 aromatic rings. The second-order valence-electron chi connectivity index (χ2n) is 7.43. The van der Waals surface area contributed by atoms with Crippen molar-refractivity contribution in [1.29, 1.82) is 0 Å². The largest absolute Gasteiger partial charge is 0.356 e. The Kier molecular flexibility index (Phi) is 6.12. The van der Waals surface area contributed by atoms with E-state index in [0.29, 0.717) is 18.1 Å². The van der Waals surface area contributed by atoms with Crippen LogP contribution in [0.1, 0.15) is 46.0 Å². The molecule has 0 bridgehead atoms. The van der Waals surface area contributed by atoms with Crippen LogP contribution in [0, 0.1) is 11.3 Å². The first kappa shape index (κ1) is 18.3. The van der Waals surface area contributed by atoms with Gasteiger partial charge in [0.05, 0.1) is 11.5 Å². The van der Waals surface area contributed by atoms with Gasteiger partial charge < -0.3 is 10.6 Å². The summed E-state index contributed by atoms with van der Waals surface area (Å²) in [5.74, 6) is 1.59. The summed E-state index contributed by atoms with van der Waals surface area (Å²) >= 11 is 0. The zero-order chi connectivity index (χ0) is 16.9. The van der Waals surface area contributed by atoms with Gasteiger partial charge in [-0.15, -0.1) is 0 Å². The van der Waals surface area contributed by atoms with Gasteiger partial charge in [0.25, 0.3) is 0 Å². The van der Waals surface area contributed by atoms with Gasteiger partial charge in [0.15, 0.2) is 15.8 Å². The van der Waals surface area contributed by atoms with Crippen molar-refractivity contribution in [2.45, 2.75) is 46.0 Å². The minimum atomic E-state index is -2.81. The molecule has 2 N–H and O–H groups in total. The van der Waals surface area contributed by atoms with Crippen molar-refractivity contribution in [2.24, 2.45) is 16.3 Å². The number of rotatable bonds is 5. The van der Waals surface area contributed by atoms with Crippen LogP contribution in [-0.4, -0.2) is 46.0 Å². The molecule has 6 heteroatoms. The van der Waals surface area contributed by atoms with E-state index in [-0.39, 0.29) is 11.3 Å². The van der Waals surface area contributed by atoms with Crippen molar-refractivity contribution < 1.29 is 8.42 Å². The SMILES string of the molecule is CN=C(NCC1CCS(=O)(=O)C1)NCC(C)(C)C1=CCCCC1. The molecule has 2 rings (SSSR count). The van der Waals surface area contributed by atoms with E-state index in [2.05, 4.69) is 35.5 Å². The van der Waals surface area contributed by atoms with E-state index < -0.39 is 9.84 Å². The van der Waals surface area contributed by atoms with E-state index in [1.807, 2.05) is 0 Å². The van der Waals surface area contributed by atoms with E-state index in [4.69, 9.17) is 0 Å². The van der Waals surface area contributed by atoms with Crippen molar-refractivity contribution in [1.82, 2.24) is 10.6 Å². The fraction of sp³-hybridized carbons (Fsp3) is 0.824. The third-order valence-electron chi connectivity index (χ3n) is 4.97. The number of aliphatic imine (C=N–C) groups is 1. The van der Waals surface area contributed by atoms with Crippen LogP contribution in [0.3, 0.4) is 0 Å². The van der Waals surface area contributed by atoms with Gasteiger partial charge in [0, 0.05) is 25.6 Å². The Morgan fingerprint density at radius 3 is 2.70 bits per heavy atom. The lowest BCUT2D eigenvalue weighted by molar-refractivity contribution is 0.406. The number of allylic oxidation sites excluding steroid dienone is 1. The summed E-state index contributed by atoms with van der Waals surface area (Å²) < 4.78 is 23.0. The van der Waals surface area contributed by atoms with Crippen LogP contribution >= 0.6 is 0 Å². The van der Waals surface area contributed by atoms with Gasteiger partial charge in [-0.25, -0.2) is 8.42 Å². The maximum atomic E-state index is 11.5. The predicted octanol–water partition coefficient (Wildman–Crippen LogP) is 2.11. The topological polar surface area (TPSA) is 70.6 Å². The summed E-state index contributed by atoms with van der Waals surface area (Å²) in [7, 11) is -1.05. The molecule has 1 aliphatic carbocycles. The third kappa shape index (κ3) is 5.52. The van der Waals surface area contributed by atoms with Crippen LogP contribution in [0.2, 0.25) is 0 Å². The summed E-state index contributed by atoms with van der Waals surface area (Å²) in [4.78, 5) is 4.26. The molecular weight excluding hydrogens is 310 g/mol.